The second kappa shape index (κ2) is 75.8. The Hall–Kier alpha value is -1.63. The van der Waals surface area contributed by atoms with Gasteiger partial charge in [-0.2, -0.15) is 0 Å². The third kappa shape index (κ3) is 60.5. The van der Waals surface area contributed by atoms with Gasteiger partial charge in [0.2, 0.25) is 0 Å². The molecular weight excluding hydrogens is 1350 g/mol. The van der Waals surface area contributed by atoms with Crippen LogP contribution < -0.4 is 0 Å². The van der Waals surface area contributed by atoms with E-state index in [1.807, 2.05) is 20.8 Å². The number of fused-ring (bicyclic) bond motifs is 1. The zero-order valence-electron chi connectivity index (χ0n) is 76.0. The van der Waals surface area contributed by atoms with Gasteiger partial charge in [0.25, 0.3) is 0 Å². The van der Waals surface area contributed by atoms with E-state index in [1.165, 1.54) is 526 Å². The highest BCUT2D eigenvalue weighted by Crippen LogP contribution is 2.51. The first-order chi connectivity index (χ1) is 54.8. The van der Waals surface area contributed by atoms with E-state index in [0.717, 1.165) is 71.6 Å². The molecule has 2 saturated heterocycles. The summed E-state index contributed by atoms with van der Waals surface area (Å²) in [4.78, 5) is 19.0. The molecule has 2 aliphatic heterocycles. The smallest absolute Gasteiger partial charge is 0.410 e. The Kier molecular flexibility index (Phi) is 69.5. The van der Waals surface area contributed by atoms with E-state index in [2.05, 4.69) is 40.1 Å². The molecule has 0 N–H and O–H groups in total. The molecule has 1 aliphatic carbocycles. The van der Waals surface area contributed by atoms with Crippen LogP contribution in [0, 0.1) is 5.41 Å². The summed E-state index contributed by atoms with van der Waals surface area (Å²) in [6.45, 7) is 12.1. The number of rotatable bonds is 2. The number of carbonyl (C=O) groups is 1. The largest absolute Gasteiger partial charge is 0.444 e. The highest BCUT2D eigenvalue weighted by molar-refractivity contribution is 5.68. The van der Waals surface area contributed by atoms with E-state index in [1.54, 1.807) is 0 Å². The number of hydrogen-bond donors (Lipinski definition) is 0. The quantitative estimate of drug-likeness (QED) is 0.295. The summed E-state index contributed by atoms with van der Waals surface area (Å²) in [5.41, 5.74) is 0.792. The van der Waals surface area contributed by atoms with Crippen LogP contribution in [0.5, 0.6) is 0 Å². The monoisotopic (exact) mass is 1550 g/mol. The highest BCUT2D eigenvalue weighted by atomic mass is 16.7. The Bertz CT molecular complexity index is 2020. The number of ether oxygens (including phenoxy) is 3. The lowest BCUT2D eigenvalue weighted by Gasteiger charge is -2.50. The first kappa shape index (κ1) is 102. The molecule has 1 atom stereocenters. The molecule has 1 unspecified atom stereocenters. The van der Waals surface area contributed by atoms with Crippen LogP contribution in [0.2, 0.25) is 0 Å². The lowest BCUT2D eigenvalue weighted by molar-refractivity contribution is -0.254. The van der Waals surface area contributed by atoms with Crippen molar-refractivity contribution in [2.24, 2.45) is 5.41 Å². The molecule has 6 nitrogen and oxygen atoms in total. The third-order valence-corrected chi connectivity index (χ3v) is 26.9. The molecule has 3 aliphatic rings. The fourth-order valence-corrected chi connectivity index (χ4v) is 19.7. The van der Waals surface area contributed by atoms with Gasteiger partial charge in [-0.15, -0.1) is 0 Å². The van der Waals surface area contributed by atoms with E-state index >= 15 is 0 Å². The van der Waals surface area contributed by atoms with Gasteiger partial charge < -0.3 is 19.1 Å². The van der Waals surface area contributed by atoms with Crippen LogP contribution in [0.15, 0.2) is 30.3 Å². The maximum atomic E-state index is 14.1. The molecule has 652 valence electrons. The van der Waals surface area contributed by atoms with Crippen LogP contribution in [0.3, 0.4) is 0 Å². The Labute approximate surface area is 696 Å². The highest BCUT2D eigenvalue weighted by Gasteiger charge is 2.55. The molecule has 2 spiro atoms. The summed E-state index contributed by atoms with van der Waals surface area (Å²) in [7, 11) is 0. The summed E-state index contributed by atoms with van der Waals surface area (Å²) in [5.74, 6) is -0.554. The van der Waals surface area contributed by atoms with Crippen molar-refractivity contribution in [2.45, 2.75) is 584 Å². The maximum absolute atomic E-state index is 14.1. The van der Waals surface area contributed by atoms with Crippen LogP contribution in [-0.2, 0) is 20.8 Å². The van der Waals surface area contributed by atoms with Crippen LogP contribution in [0.25, 0.3) is 0 Å². The number of nitrogens with zero attached hydrogens (tertiary/aromatic N) is 2. The Morgan fingerprint density at radius 2 is 0.477 bits per heavy atom. The molecular formula is C105H198N2O4. The molecule has 0 aromatic heterocycles. The zero-order valence-corrected chi connectivity index (χ0v) is 76.0. The predicted octanol–water partition coefficient (Wildman–Crippen LogP) is 35.6. The minimum Gasteiger partial charge on any atom is -0.444 e. The topological polar surface area (TPSA) is 51.2 Å². The number of carbonyl (C=O) groups excluding carboxylic acids is 1. The zero-order chi connectivity index (χ0) is 78.5. The number of hydrogen-bond acceptors (Lipinski definition) is 5. The molecule has 0 radical (unpaired) electrons. The standard InChI is InChI=1S/C105H198N2O4/c1-103(2,3)111-102(108)107-95-86-79-75-71-67-63-59-55-51-47-43-39-35-31-27-23-19-15-11-13-17-21-25-29-33-37-41-45-49-53-57-61-65-69-73-77-84-92-104(100-106(94-87-88-96-107)99-101-89-81-80-82-90-101)91-83-76-72-68-64-60-56-52-48-44-40-36-32-28-24-20-16-12-9-7-5-4-6-8-10-14-18-22-26-30-34-38-42-46-50-54-58-62-66-70-74-78-85-93-105(104)109-97-98-110-105/h80-82,89-90H,4-79,83-88,91-100H2,1-3H3. The van der Waals surface area contributed by atoms with Gasteiger partial charge in [-0.25, -0.2) is 4.79 Å². The summed E-state index contributed by atoms with van der Waals surface area (Å²) >= 11 is 0. The molecule has 2 heterocycles. The Morgan fingerprint density at radius 1 is 0.279 bits per heavy atom. The van der Waals surface area contributed by atoms with Crippen molar-refractivity contribution in [1.82, 2.24) is 9.80 Å². The van der Waals surface area contributed by atoms with Crippen molar-refractivity contribution in [1.29, 1.82) is 0 Å². The Balaban J connectivity index is 1.46. The van der Waals surface area contributed by atoms with E-state index in [9.17, 15) is 4.79 Å². The van der Waals surface area contributed by atoms with E-state index < -0.39 is 11.4 Å². The van der Waals surface area contributed by atoms with Crippen LogP contribution in [0.4, 0.5) is 4.79 Å². The van der Waals surface area contributed by atoms with Crippen molar-refractivity contribution in [3.05, 3.63) is 35.9 Å². The number of amides is 1. The van der Waals surface area contributed by atoms with Crippen molar-refractivity contribution in [2.75, 3.05) is 39.4 Å². The minimum absolute atomic E-state index is 0.103. The second-order valence-electron chi connectivity index (χ2n) is 38.6. The first-order valence-corrected chi connectivity index (χ1v) is 51.8. The van der Waals surface area contributed by atoms with Crippen molar-refractivity contribution in [3.8, 4) is 0 Å². The SMILES string of the molecule is CC(C)(C)OC(=O)N1CCCCCCCCCCCCCCCCCCCCCCCCCCCCCCCCCCCCCCCC2(CCCCCCCCCCCCCCCCCCCCCCCCCCCCCCCCCCCCCCCCCCCCCC23OCCO3)CN(Cc2ccccc2)CCCC1. The fourth-order valence-electron chi connectivity index (χ4n) is 19.7. The number of benzene rings is 1. The molecule has 1 aromatic rings. The van der Waals surface area contributed by atoms with E-state index in [4.69, 9.17) is 14.2 Å². The van der Waals surface area contributed by atoms with E-state index in [-0.39, 0.29) is 11.5 Å². The molecule has 1 saturated carbocycles. The molecule has 4 rings (SSSR count). The Morgan fingerprint density at radius 3 is 0.712 bits per heavy atom. The van der Waals surface area contributed by atoms with Gasteiger partial charge in [-0.05, 0) is 71.4 Å². The normalized spacial score (nSPS) is 24.9. The third-order valence-electron chi connectivity index (χ3n) is 26.9. The van der Waals surface area contributed by atoms with Gasteiger partial charge in [-0.1, -0.05) is 531 Å². The molecule has 0 bridgehead atoms. The van der Waals surface area contributed by atoms with E-state index in [0.29, 0.717) is 0 Å². The molecule has 6 heteroatoms. The summed E-state index contributed by atoms with van der Waals surface area (Å²) in [5, 5.41) is 0. The van der Waals surface area contributed by atoms with Gasteiger partial charge in [0.1, 0.15) is 5.60 Å². The van der Waals surface area contributed by atoms with Crippen LogP contribution >= 0.6 is 0 Å². The molecule has 3 fully saturated rings. The summed E-state index contributed by atoms with van der Waals surface area (Å²) in [6.07, 6.45) is 119. The maximum Gasteiger partial charge on any atom is 0.410 e. The lowest BCUT2D eigenvalue weighted by atomic mass is 9.68. The first-order valence-electron chi connectivity index (χ1n) is 51.8. The van der Waals surface area contributed by atoms with Crippen LogP contribution in [0.1, 0.15) is 572 Å². The van der Waals surface area contributed by atoms with Gasteiger partial charge in [0, 0.05) is 38.0 Å². The van der Waals surface area contributed by atoms with Gasteiger partial charge >= 0.3 is 6.09 Å². The summed E-state index contributed by atoms with van der Waals surface area (Å²) < 4.78 is 21.0. The van der Waals surface area contributed by atoms with Gasteiger partial charge in [-0.3, -0.25) is 4.90 Å². The van der Waals surface area contributed by atoms with Crippen LogP contribution in [-0.4, -0.2) is 66.7 Å². The van der Waals surface area contributed by atoms with Crippen molar-refractivity contribution < 1.29 is 19.0 Å². The average molecular weight is 1550 g/mol. The van der Waals surface area contributed by atoms with Gasteiger partial charge in [0.15, 0.2) is 5.79 Å². The van der Waals surface area contributed by atoms with Crippen molar-refractivity contribution >= 4 is 6.09 Å². The molecule has 111 heavy (non-hydrogen) atoms. The second-order valence-corrected chi connectivity index (χ2v) is 38.6. The molecule has 1 aromatic carbocycles. The lowest BCUT2D eigenvalue weighted by Crippen LogP contribution is -2.55. The average Bonchev–Trinajstić information content (AvgIpc) is 1.72. The van der Waals surface area contributed by atoms with Gasteiger partial charge in [0.05, 0.1) is 13.2 Å². The van der Waals surface area contributed by atoms with Crippen molar-refractivity contribution in [3.63, 3.8) is 0 Å². The summed E-state index contributed by atoms with van der Waals surface area (Å²) in [6, 6.07) is 11.4. The minimum atomic E-state index is -0.554. The molecule has 1 amide bonds. The predicted molar refractivity (Wildman–Crippen MR) is 489 cm³/mol. The fraction of sp³-hybridized carbons (Fsp3) is 0.933.